The van der Waals surface area contributed by atoms with E-state index in [2.05, 4.69) is 0 Å². The number of rotatable bonds is 2. The number of halogens is 3. The molecular formula is C15H21F3N2O. The van der Waals surface area contributed by atoms with E-state index in [1.54, 1.807) is 13.0 Å². The lowest BCUT2D eigenvalue weighted by molar-refractivity contribution is -0.138. The number of nitrogens with two attached hydrogens (primary N) is 1. The largest absolute Gasteiger partial charge is 0.416 e. The number of anilines is 1. The molecule has 3 N–H and O–H groups in total. The van der Waals surface area contributed by atoms with Crippen LogP contribution in [0.15, 0.2) is 18.2 Å². The van der Waals surface area contributed by atoms with Gasteiger partial charge in [0.2, 0.25) is 0 Å². The number of hydrogen-bond donors (Lipinski definition) is 2. The summed E-state index contributed by atoms with van der Waals surface area (Å²) in [5.74, 6) is 0. The van der Waals surface area contributed by atoms with Crippen molar-refractivity contribution >= 4 is 5.69 Å². The monoisotopic (exact) mass is 302 g/mol. The smallest absolute Gasteiger partial charge is 0.390 e. The van der Waals surface area contributed by atoms with Crippen molar-refractivity contribution in [2.24, 2.45) is 5.73 Å². The van der Waals surface area contributed by atoms with E-state index in [4.69, 9.17) is 5.73 Å². The van der Waals surface area contributed by atoms with Crippen LogP contribution in [0.4, 0.5) is 18.9 Å². The summed E-state index contributed by atoms with van der Waals surface area (Å²) in [5, 5.41) is 10.1. The molecule has 1 unspecified atom stereocenters. The summed E-state index contributed by atoms with van der Waals surface area (Å²) < 4.78 is 39.2. The molecule has 1 saturated heterocycles. The zero-order valence-electron chi connectivity index (χ0n) is 12.1. The topological polar surface area (TPSA) is 49.5 Å². The standard InChI is InChI=1S/C15H21F3N2O/c1-14(21)5-2-7-20(8-6-14)12-4-3-11(10-19)13(9-12)15(16,17)18/h3-4,9,21H,2,5-8,10,19H2,1H3. The summed E-state index contributed by atoms with van der Waals surface area (Å²) >= 11 is 0. The maximum absolute atomic E-state index is 13.1. The molecule has 1 aromatic carbocycles. The molecule has 0 saturated carbocycles. The Kier molecular flexibility index (Phi) is 4.49. The molecule has 118 valence electrons. The normalized spacial score (nSPS) is 24.0. The van der Waals surface area contributed by atoms with E-state index in [-0.39, 0.29) is 12.1 Å². The van der Waals surface area contributed by atoms with Gasteiger partial charge in [-0.15, -0.1) is 0 Å². The minimum atomic E-state index is -4.40. The maximum atomic E-state index is 13.1. The highest BCUT2D eigenvalue weighted by atomic mass is 19.4. The molecule has 1 fully saturated rings. The third kappa shape index (κ3) is 3.89. The van der Waals surface area contributed by atoms with Gasteiger partial charge < -0.3 is 15.7 Å². The highest BCUT2D eigenvalue weighted by Crippen LogP contribution is 2.35. The first-order valence-corrected chi connectivity index (χ1v) is 7.10. The third-order valence-electron chi connectivity index (χ3n) is 4.05. The Morgan fingerprint density at radius 1 is 1.29 bits per heavy atom. The number of aliphatic hydroxyl groups is 1. The first-order chi connectivity index (χ1) is 9.73. The molecule has 0 radical (unpaired) electrons. The number of hydrogen-bond acceptors (Lipinski definition) is 3. The van der Waals surface area contributed by atoms with Gasteiger partial charge in [-0.05, 0) is 43.9 Å². The molecule has 1 heterocycles. The Morgan fingerprint density at radius 2 is 2.00 bits per heavy atom. The summed E-state index contributed by atoms with van der Waals surface area (Å²) in [4.78, 5) is 1.90. The Labute approximate surface area is 122 Å². The van der Waals surface area contributed by atoms with Crippen LogP contribution in [-0.2, 0) is 12.7 Å². The van der Waals surface area contributed by atoms with Crippen LogP contribution in [0.5, 0.6) is 0 Å². The second-order valence-electron chi connectivity index (χ2n) is 5.88. The lowest BCUT2D eigenvalue weighted by Gasteiger charge is -2.25. The number of alkyl halides is 3. The van der Waals surface area contributed by atoms with Crippen LogP contribution in [0.3, 0.4) is 0 Å². The fourth-order valence-electron chi connectivity index (χ4n) is 2.72. The number of benzene rings is 1. The van der Waals surface area contributed by atoms with E-state index in [0.29, 0.717) is 31.6 Å². The quantitative estimate of drug-likeness (QED) is 0.883. The van der Waals surface area contributed by atoms with Crippen molar-refractivity contribution in [1.82, 2.24) is 0 Å². The van der Waals surface area contributed by atoms with E-state index in [1.165, 1.54) is 12.1 Å². The van der Waals surface area contributed by atoms with Crippen molar-refractivity contribution in [2.75, 3.05) is 18.0 Å². The molecule has 0 aliphatic carbocycles. The van der Waals surface area contributed by atoms with Gasteiger partial charge in [0.1, 0.15) is 0 Å². The first kappa shape index (κ1) is 16.1. The van der Waals surface area contributed by atoms with Crippen LogP contribution in [0.2, 0.25) is 0 Å². The minimum Gasteiger partial charge on any atom is -0.390 e. The summed E-state index contributed by atoms with van der Waals surface area (Å²) in [6.45, 7) is 2.83. The lowest BCUT2D eigenvalue weighted by Crippen LogP contribution is -2.28. The van der Waals surface area contributed by atoms with Crippen LogP contribution in [0, 0.1) is 0 Å². The second-order valence-corrected chi connectivity index (χ2v) is 5.88. The van der Waals surface area contributed by atoms with E-state index in [9.17, 15) is 18.3 Å². The fraction of sp³-hybridized carbons (Fsp3) is 0.600. The summed E-state index contributed by atoms with van der Waals surface area (Å²) in [6.07, 6.45) is -2.43. The maximum Gasteiger partial charge on any atom is 0.416 e. The van der Waals surface area contributed by atoms with Gasteiger partial charge in [-0.2, -0.15) is 13.2 Å². The summed E-state index contributed by atoms with van der Waals surface area (Å²) in [7, 11) is 0. The van der Waals surface area contributed by atoms with E-state index in [0.717, 1.165) is 6.42 Å². The van der Waals surface area contributed by atoms with E-state index >= 15 is 0 Å². The van der Waals surface area contributed by atoms with Crippen molar-refractivity contribution in [2.45, 2.75) is 44.5 Å². The molecule has 0 spiro atoms. The second kappa shape index (κ2) is 5.85. The predicted molar refractivity (Wildman–Crippen MR) is 76.0 cm³/mol. The van der Waals surface area contributed by atoms with Crippen LogP contribution in [0.25, 0.3) is 0 Å². The van der Waals surface area contributed by atoms with Crippen molar-refractivity contribution in [3.8, 4) is 0 Å². The van der Waals surface area contributed by atoms with Gasteiger partial charge in [0.25, 0.3) is 0 Å². The van der Waals surface area contributed by atoms with Crippen LogP contribution < -0.4 is 10.6 Å². The summed E-state index contributed by atoms with van der Waals surface area (Å²) in [5.41, 5.74) is 4.63. The van der Waals surface area contributed by atoms with Crippen LogP contribution >= 0.6 is 0 Å². The minimum absolute atomic E-state index is 0.105. The molecule has 0 bridgehead atoms. The Balaban J connectivity index is 2.28. The molecule has 1 atom stereocenters. The van der Waals surface area contributed by atoms with Crippen molar-refractivity contribution in [3.63, 3.8) is 0 Å². The SMILES string of the molecule is CC1(O)CCCN(c2ccc(CN)c(C(F)(F)F)c2)CC1. The average molecular weight is 302 g/mol. The molecule has 3 nitrogen and oxygen atoms in total. The predicted octanol–water partition coefficient (Wildman–Crippen LogP) is 2.91. The number of nitrogens with zero attached hydrogens (tertiary/aromatic N) is 1. The lowest BCUT2D eigenvalue weighted by atomic mass is 9.98. The van der Waals surface area contributed by atoms with E-state index in [1.807, 2.05) is 4.90 Å². The van der Waals surface area contributed by atoms with Gasteiger partial charge in [-0.25, -0.2) is 0 Å². The van der Waals surface area contributed by atoms with Gasteiger partial charge >= 0.3 is 6.18 Å². The molecular weight excluding hydrogens is 281 g/mol. The first-order valence-electron chi connectivity index (χ1n) is 7.10. The molecule has 0 amide bonds. The fourth-order valence-corrected chi connectivity index (χ4v) is 2.72. The highest BCUT2D eigenvalue weighted by molar-refractivity contribution is 5.52. The zero-order valence-corrected chi connectivity index (χ0v) is 12.1. The van der Waals surface area contributed by atoms with Crippen molar-refractivity contribution < 1.29 is 18.3 Å². The molecule has 1 aliphatic rings. The van der Waals surface area contributed by atoms with Gasteiger partial charge in [0, 0.05) is 25.3 Å². The molecule has 1 aromatic rings. The van der Waals surface area contributed by atoms with Gasteiger partial charge in [-0.3, -0.25) is 0 Å². The molecule has 6 heteroatoms. The molecule has 21 heavy (non-hydrogen) atoms. The van der Waals surface area contributed by atoms with Gasteiger partial charge in [0.05, 0.1) is 11.2 Å². The van der Waals surface area contributed by atoms with Crippen LogP contribution in [-0.4, -0.2) is 23.8 Å². The molecule has 2 rings (SSSR count). The molecule has 0 aromatic heterocycles. The Morgan fingerprint density at radius 3 is 2.62 bits per heavy atom. The van der Waals surface area contributed by atoms with Crippen molar-refractivity contribution in [3.05, 3.63) is 29.3 Å². The summed E-state index contributed by atoms with van der Waals surface area (Å²) in [6, 6.07) is 4.29. The third-order valence-corrected chi connectivity index (χ3v) is 4.05. The highest BCUT2D eigenvalue weighted by Gasteiger charge is 2.34. The Hall–Kier alpha value is -1.27. The van der Waals surface area contributed by atoms with Gasteiger partial charge in [-0.1, -0.05) is 6.07 Å². The van der Waals surface area contributed by atoms with Crippen LogP contribution in [0.1, 0.15) is 37.3 Å². The average Bonchev–Trinajstić information content (AvgIpc) is 2.58. The van der Waals surface area contributed by atoms with Gasteiger partial charge in [0.15, 0.2) is 0 Å². The molecule has 1 aliphatic heterocycles. The van der Waals surface area contributed by atoms with Crippen molar-refractivity contribution in [1.29, 1.82) is 0 Å². The zero-order chi connectivity index (χ0) is 15.7. The van der Waals surface area contributed by atoms with E-state index < -0.39 is 17.3 Å². The Bertz CT molecular complexity index is 500.